The minimum atomic E-state index is 0.668. The van der Waals surface area contributed by atoms with E-state index in [1.165, 1.54) is 21.9 Å². The Morgan fingerprint density at radius 3 is 1.75 bits per heavy atom. The van der Waals surface area contributed by atoms with E-state index < -0.39 is 0 Å². The van der Waals surface area contributed by atoms with E-state index in [1.807, 2.05) is 24.3 Å². The number of furan rings is 1. The standard InChI is InChI=1S/C45H30N2O/c1-29-43(33-15-6-3-7-16-33)46-45(47-44(29)34-23-20-32(21-24-34)30-12-4-2-5-13-30)42-37(36-25-22-31-14-8-9-17-35(31)28-36)26-27-40-41(42)38-18-10-11-19-39(38)48-40/h2-28H,1H3. The van der Waals surface area contributed by atoms with Crippen LogP contribution in [0, 0.1) is 6.92 Å². The molecular weight excluding hydrogens is 585 g/mol. The van der Waals surface area contributed by atoms with Gasteiger partial charge in [-0.25, -0.2) is 9.97 Å². The van der Waals surface area contributed by atoms with Crippen molar-refractivity contribution in [2.75, 3.05) is 0 Å². The molecular formula is C45H30N2O. The first-order valence-corrected chi connectivity index (χ1v) is 16.2. The second-order valence-electron chi connectivity index (χ2n) is 12.2. The Kier molecular flexibility index (Phi) is 6.69. The highest BCUT2D eigenvalue weighted by atomic mass is 16.3. The number of fused-ring (bicyclic) bond motifs is 4. The molecule has 9 rings (SSSR count). The average molecular weight is 615 g/mol. The van der Waals surface area contributed by atoms with Crippen LogP contribution in [-0.4, -0.2) is 9.97 Å². The van der Waals surface area contributed by atoms with Crippen molar-refractivity contribution in [2.24, 2.45) is 0 Å². The van der Waals surface area contributed by atoms with E-state index >= 15 is 0 Å². The average Bonchev–Trinajstić information content (AvgIpc) is 3.54. The van der Waals surface area contributed by atoms with Crippen LogP contribution in [0.3, 0.4) is 0 Å². The van der Waals surface area contributed by atoms with Crippen LogP contribution in [0.4, 0.5) is 0 Å². The Bertz CT molecular complexity index is 2600. The largest absolute Gasteiger partial charge is 0.456 e. The third kappa shape index (κ3) is 4.76. The fraction of sp³-hybridized carbons (Fsp3) is 0.0222. The van der Waals surface area contributed by atoms with Crippen molar-refractivity contribution >= 4 is 32.7 Å². The molecule has 3 heteroatoms. The minimum Gasteiger partial charge on any atom is -0.456 e. The number of para-hydroxylation sites is 1. The molecule has 0 radical (unpaired) electrons. The van der Waals surface area contributed by atoms with Crippen molar-refractivity contribution in [3.63, 3.8) is 0 Å². The highest BCUT2D eigenvalue weighted by Gasteiger charge is 2.23. The molecule has 0 N–H and O–H groups in total. The summed E-state index contributed by atoms with van der Waals surface area (Å²) in [4.78, 5) is 10.8. The van der Waals surface area contributed by atoms with Crippen LogP contribution in [0.15, 0.2) is 168 Å². The number of hydrogen-bond donors (Lipinski definition) is 0. The first-order chi connectivity index (χ1) is 23.7. The first-order valence-electron chi connectivity index (χ1n) is 16.2. The van der Waals surface area contributed by atoms with Crippen molar-refractivity contribution in [3.05, 3.63) is 169 Å². The second kappa shape index (κ2) is 11.5. The van der Waals surface area contributed by atoms with E-state index in [0.29, 0.717) is 5.82 Å². The van der Waals surface area contributed by atoms with Gasteiger partial charge in [-0.05, 0) is 64.2 Å². The Morgan fingerprint density at radius 1 is 0.438 bits per heavy atom. The van der Waals surface area contributed by atoms with Gasteiger partial charge in [0.25, 0.3) is 0 Å². The molecule has 2 aromatic heterocycles. The maximum atomic E-state index is 6.43. The number of nitrogens with zero attached hydrogens (tertiary/aromatic N) is 2. The lowest BCUT2D eigenvalue weighted by Gasteiger charge is -2.17. The van der Waals surface area contributed by atoms with Crippen LogP contribution >= 0.6 is 0 Å². The molecule has 7 aromatic carbocycles. The Hall–Kier alpha value is -6.32. The van der Waals surface area contributed by atoms with Gasteiger partial charge in [-0.3, -0.25) is 0 Å². The molecule has 48 heavy (non-hydrogen) atoms. The summed E-state index contributed by atoms with van der Waals surface area (Å²) in [5, 5.41) is 4.46. The minimum absolute atomic E-state index is 0.668. The molecule has 2 heterocycles. The summed E-state index contributed by atoms with van der Waals surface area (Å²) in [5.74, 6) is 0.668. The molecule has 0 aliphatic heterocycles. The summed E-state index contributed by atoms with van der Waals surface area (Å²) in [6, 6.07) is 57.2. The van der Waals surface area contributed by atoms with Gasteiger partial charge in [-0.1, -0.05) is 140 Å². The van der Waals surface area contributed by atoms with Gasteiger partial charge in [0.1, 0.15) is 11.2 Å². The molecule has 0 fully saturated rings. The topological polar surface area (TPSA) is 38.9 Å². The zero-order valence-electron chi connectivity index (χ0n) is 26.4. The smallest absolute Gasteiger partial charge is 0.161 e. The summed E-state index contributed by atoms with van der Waals surface area (Å²) in [5.41, 5.74) is 12.1. The molecule has 9 aromatic rings. The zero-order valence-corrected chi connectivity index (χ0v) is 26.4. The first kappa shape index (κ1) is 27.9. The highest BCUT2D eigenvalue weighted by molar-refractivity contribution is 6.15. The molecule has 0 saturated heterocycles. The predicted octanol–water partition coefficient (Wildman–Crippen LogP) is 12.2. The summed E-state index contributed by atoms with van der Waals surface area (Å²) in [6.45, 7) is 2.13. The molecule has 0 amide bonds. The molecule has 3 nitrogen and oxygen atoms in total. The highest BCUT2D eigenvalue weighted by Crippen LogP contribution is 2.44. The van der Waals surface area contributed by atoms with Crippen LogP contribution in [0.25, 0.3) is 88.9 Å². The predicted molar refractivity (Wildman–Crippen MR) is 199 cm³/mol. The quantitative estimate of drug-likeness (QED) is 0.194. The van der Waals surface area contributed by atoms with E-state index in [9.17, 15) is 0 Å². The van der Waals surface area contributed by atoms with Crippen molar-refractivity contribution in [1.82, 2.24) is 9.97 Å². The Labute approximate surface area is 278 Å². The summed E-state index contributed by atoms with van der Waals surface area (Å²) >= 11 is 0. The van der Waals surface area contributed by atoms with Crippen LogP contribution in [0.1, 0.15) is 5.56 Å². The van der Waals surface area contributed by atoms with Crippen LogP contribution in [-0.2, 0) is 0 Å². The summed E-state index contributed by atoms with van der Waals surface area (Å²) < 4.78 is 6.43. The fourth-order valence-electron chi connectivity index (χ4n) is 6.88. The van der Waals surface area contributed by atoms with Crippen molar-refractivity contribution in [1.29, 1.82) is 0 Å². The van der Waals surface area contributed by atoms with Gasteiger partial charge in [0, 0.05) is 33.0 Å². The van der Waals surface area contributed by atoms with Crippen molar-refractivity contribution in [3.8, 4) is 56.2 Å². The summed E-state index contributed by atoms with van der Waals surface area (Å²) in [6.07, 6.45) is 0. The zero-order chi connectivity index (χ0) is 32.0. The van der Waals surface area contributed by atoms with Crippen molar-refractivity contribution in [2.45, 2.75) is 6.92 Å². The van der Waals surface area contributed by atoms with Crippen LogP contribution in [0.2, 0.25) is 0 Å². The molecule has 0 atom stereocenters. The number of hydrogen-bond acceptors (Lipinski definition) is 3. The Morgan fingerprint density at radius 2 is 1.00 bits per heavy atom. The Balaban J connectivity index is 1.34. The van der Waals surface area contributed by atoms with Gasteiger partial charge in [0.15, 0.2) is 5.82 Å². The molecule has 0 aliphatic rings. The monoisotopic (exact) mass is 614 g/mol. The van der Waals surface area contributed by atoms with Gasteiger partial charge in [-0.15, -0.1) is 0 Å². The number of benzene rings is 7. The normalized spacial score (nSPS) is 11.4. The molecule has 0 spiro atoms. The lowest BCUT2D eigenvalue weighted by atomic mass is 9.92. The lowest BCUT2D eigenvalue weighted by molar-refractivity contribution is 0.669. The molecule has 0 aliphatic carbocycles. The summed E-state index contributed by atoms with van der Waals surface area (Å²) in [7, 11) is 0. The maximum absolute atomic E-state index is 6.43. The van der Waals surface area contributed by atoms with Crippen LogP contribution < -0.4 is 0 Å². The molecule has 0 unspecified atom stereocenters. The third-order valence-electron chi connectivity index (χ3n) is 9.29. The fourth-order valence-corrected chi connectivity index (χ4v) is 6.88. The van der Waals surface area contributed by atoms with Gasteiger partial charge in [0.2, 0.25) is 0 Å². The SMILES string of the molecule is Cc1c(-c2ccccc2)nc(-c2c(-c3ccc4ccccc4c3)ccc3oc4ccccc4c23)nc1-c1ccc(-c2ccccc2)cc1. The van der Waals surface area contributed by atoms with E-state index in [2.05, 4.69) is 146 Å². The lowest BCUT2D eigenvalue weighted by Crippen LogP contribution is -2.01. The number of rotatable bonds is 5. The molecule has 0 saturated carbocycles. The van der Waals surface area contributed by atoms with Gasteiger partial charge >= 0.3 is 0 Å². The number of aromatic nitrogens is 2. The second-order valence-corrected chi connectivity index (χ2v) is 12.2. The third-order valence-corrected chi connectivity index (χ3v) is 9.29. The van der Waals surface area contributed by atoms with Crippen molar-refractivity contribution < 1.29 is 4.42 Å². The van der Waals surface area contributed by atoms with E-state index in [-0.39, 0.29) is 0 Å². The molecule has 0 bridgehead atoms. The maximum Gasteiger partial charge on any atom is 0.161 e. The molecule has 226 valence electrons. The van der Waals surface area contributed by atoms with Gasteiger partial charge in [-0.2, -0.15) is 0 Å². The van der Waals surface area contributed by atoms with Gasteiger partial charge in [0.05, 0.1) is 11.4 Å². The van der Waals surface area contributed by atoms with E-state index in [1.54, 1.807) is 0 Å². The van der Waals surface area contributed by atoms with E-state index in [0.717, 1.165) is 66.7 Å². The van der Waals surface area contributed by atoms with E-state index in [4.69, 9.17) is 14.4 Å². The van der Waals surface area contributed by atoms with Crippen LogP contribution in [0.5, 0.6) is 0 Å². The van der Waals surface area contributed by atoms with Gasteiger partial charge < -0.3 is 4.42 Å².